The van der Waals surface area contributed by atoms with Crippen LogP contribution in [0.25, 0.3) is 0 Å². The Balaban J connectivity index is 1.49. The zero-order valence-electron chi connectivity index (χ0n) is 13.9. The minimum Gasteiger partial charge on any atom is -0.339 e. The van der Waals surface area contributed by atoms with Gasteiger partial charge in [-0.1, -0.05) is 5.16 Å². The van der Waals surface area contributed by atoms with Crippen molar-refractivity contribution in [1.82, 2.24) is 15.0 Å². The van der Waals surface area contributed by atoms with Crippen LogP contribution in [0.4, 0.5) is 5.69 Å². The Bertz CT molecular complexity index is 723. The lowest BCUT2D eigenvalue weighted by Crippen LogP contribution is -2.38. The summed E-state index contributed by atoms with van der Waals surface area (Å²) < 4.78 is 6.43. The van der Waals surface area contributed by atoms with Gasteiger partial charge in [-0.25, -0.2) is 0 Å². The normalized spacial score (nSPS) is 16.3. The molecule has 1 aromatic carbocycles. The van der Waals surface area contributed by atoms with Gasteiger partial charge in [-0.15, -0.1) is 0 Å². The lowest BCUT2D eigenvalue weighted by Gasteiger charge is -2.29. The third kappa shape index (κ3) is 4.32. The summed E-state index contributed by atoms with van der Waals surface area (Å²) in [5.41, 5.74) is 1.97. The average Bonchev–Trinajstić information content (AvgIpc) is 2.97. The van der Waals surface area contributed by atoms with Gasteiger partial charge in [-0.05, 0) is 86.1 Å². The van der Waals surface area contributed by atoms with Crippen LogP contribution in [0.15, 0.2) is 22.7 Å². The topological polar surface area (TPSA) is 71.3 Å². The summed E-state index contributed by atoms with van der Waals surface area (Å²) in [5.74, 6) is 1.75. The van der Waals surface area contributed by atoms with Gasteiger partial charge in [0, 0.05) is 15.2 Å². The van der Waals surface area contributed by atoms with Gasteiger partial charge in [0.1, 0.15) is 0 Å². The number of anilines is 1. The summed E-state index contributed by atoms with van der Waals surface area (Å²) in [6, 6.07) is 6.02. The molecule has 3 rings (SSSR count). The molecule has 1 saturated heterocycles. The number of benzene rings is 1. The van der Waals surface area contributed by atoms with Gasteiger partial charge < -0.3 is 9.84 Å². The summed E-state index contributed by atoms with van der Waals surface area (Å²) in [7, 11) is 0. The van der Waals surface area contributed by atoms with Crippen molar-refractivity contribution in [2.24, 2.45) is 0 Å². The third-order valence-electron chi connectivity index (χ3n) is 4.31. The molecule has 0 saturated carbocycles. The highest BCUT2D eigenvalue weighted by Crippen LogP contribution is 2.26. The van der Waals surface area contributed by atoms with Crippen molar-refractivity contribution in [3.05, 3.63) is 39.0 Å². The van der Waals surface area contributed by atoms with Gasteiger partial charge in [0.2, 0.25) is 11.8 Å². The van der Waals surface area contributed by atoms with Crippen LogP contribution < -0.4 is 5.32 Å². The molecule has 7 heteroatoms. The number of carbonyl (C=O) groups is 1. The molecular formula is C17H21IN4O2. The van der Waals surface area contributed by atoms with E-state index in [0.29, 0.717) is 18.3 Å². The molecule has 0 atom stereocenters. The zero-order chi connectivity index (χ0) is 17.1. The number of likely N-dealkylation sites (tertiary alicyclic amines) is 1. The van der Waals surface area contributed by atoms with Crippen molar-refractivity contribution in [3.8, 4) is 0 Å². The van der Waals surface area contributed by atoms with Crippen LogP contribution >= 0.6 is 22.6 Å². The smallest absolute Gasteiger partial charge is 0.238 e. The Kier molecular flexibility index (Phi) is 5.50. The molecule has 1 N–H and O–H groups in total. The van der Waals surface area contributed by atoms with Gasteiger partial charge >= 0.3 is 0 Å². The number of rotatable bonds is 4. The van der Waals surface area contributed by atoms with Gasteiger partial charge in [-0.3, -0.25) is 9.69 Å². The van der Waals surface area contributed by atoms with E-state index >= 15 is 0 Å². The number of amides is 1. The first kappa shape index (κ1) is 17.3. The molecule has 0 bridgehead atoms. The molecule has 1 aromatic heterocycles. The maximum Gasteiger partial charge on any atom is 0.238 e. The minimum atomic E-state index is 0.0337. The molecule has 128 valence electrons. The fourth-order valence-electron chi connectivity index (χ4n) is 2.98. The molecule has 0 unspecified atom stereocenters. The maximum atomic E-state index is 12.3. The molecule has 1 fully saturated rings. The number of hydrogen-bond donors (Lipinski definition) is 1. The molecular weight excluding hydrogens is 419 g/mol. The van der Waals surface area contributed by atoms with Gasteiger partial charge in [0.05, 0.1) is 6.54 Å². The highest BCUT2D eigenvalue weighted by Gasteiger charge is 2.25. The van der Waals surface area contributed by atoms with Gasteiger partial charge in [0.25, 0.3) is 0 Å². The lowest BCUT2D eigenvalue weighted by molar-refractivity contribution is -0.117. The van der Waals surface area contributed by atoms with E-state index in [1.807, 2.05) is 26.0 Å². The second-order valence-electron chi connectivity index (χ2n) is 6.24. The van der Waals surface area contributed by atoms with Gasteiger partial charge in [0.15, 0.2) is 5.82 Å². The lowest BCUT2D eigenvalue weighted by atomic mass is 9.97. The van der Waals surface area contributed by atoms with Crippen molar-refractivity contribution in [2.45, 2.75) is 32.6 Å². The molecule has 2 aromatic rings. The van der Waals surface area contributed by atoms with Crippen LogP contribution in [0, 0.1) is 17.4 Å². The van der Waals surface area contributed by atoms with Crippen molar-refractivity contribution in [1.29, 1.82) is 0 Å². The largest absolute Gasteiger partial charge is 0.339 e. The van der Waals surface area contributed by atoms with Crippen LogP contribution in [0.1, 0.15) is 36.0 Å². The van der Waals surface area contributed by atoms with E-state index in [0.717, 1.165) is 43.1 Å². The summed E-state index contributed by atoms with van der Waals surface area (Å²) in [6.45, 7) is 5.99. The van der Waals surface area contributed by atoms with E-state index in [2.05, 4.69) is 49.0 Å². The average molecular weight is 440 g/mol. The molecule has 1 aliphatic heterocycles. The molecule has 0 radical (unpaired) electrons. The quantitative estimate of drug-likeness (QED) is 0.740. The Morgan fingerprint density at radius 3 is 2.75 bits per heavy atom. The summed E-state index contributed by atoms with van der Waals surface area (Å²) >= 11 is 2.27. The first-order chi connectivity index (χ1) is 11.5. The van der Waals surface area contributed by atoms with Crippen LogP contribution in [-0.2, 0) is 4.79 Å². The molecule has 0 aliphatic carbocycles. The Hall–Kier alpha value is -1.48. The van der Waals surface area contributed by atoms with Gasteiger partial charge in [-0.2, -0.15) is 4.98 Å². The number of aryl methyl sites for hydroxylation is 2. The highest BCUT2D eigenvalue weighted by atomic mass is 127. The van der Waals surface area contributed by atoms with Crippen molar-refractivity contribution in [2.75, 3.05) is 25.0 Å². The number of halogens is 1. The number of aromatic nitrogens is 2. The monoisotopic (exact) mass is 440 g/mol. The van der Waals surface area contributed by atoms with E-state index < -0.39 is 0 Å². The van der Waals surface area contributed by atoms with Crippen LogP contribution in [-0.4, -0.2) is 40.6 Å². The van der Waals surface area contributed by atoms with E-state index in [-0.39, 0.29) is 5.91 Å². The third-order valence-corrected chi connectivity index (χ3v) is 4.98. The number of piperidine rings is 1. The van der Waals surface area contributed by atoms with E-state index in [1.54, 1.807) is 0 Å². The van der Waals surface area contributed by atoms with Crippen molar-refractivity contribution < 1.29 is 9.32 Å². The number of hydrogen-bond acceptors (Lipinski definition) is 5. The molecule has 0 spiro atoms. The second kappa shape index (κ2) is 7.60. The fraction of sp³-hybridized carbons (Fsp3) is 0.471. The Labute approximate surface area is 155 Å². The molecule has 24 heavy (non-hydrogen) atoms. The zero-order valence-corrected chi connectivity index (χ0v) is 16.0. The molecule has 1 amide bonds. The predicted molar refractivity (Wildman–Crippen MR) is 100.0 cm³/mol. The van der Waals surface area contributed by atoms with E-state index in [1.165, 1.54) is 3.57 Å². The van der Waals surface area contributed by atoms with E-state index in [4.69, 9.17) is 4.52 Å². The van der Waals surface area contributed by atoms with Crippen molar-refractivity contribution >= 4 is 34.2 Å². The summed E-state index contributed by atoms with van der Waals surface area (Å²) in [6.07, 6.45) is 1.88. The second-order valence-corrected chi connectivity index (χ2v) is 7.48. The number of nitrogens with one attached hydrogen (secondary N) is 1. The Morgan fingerprint density at radius 1 is 1.38 bits per heavy atom. The Morgan fingerprint density at radius 2 is 2.12 bits per heavy atom. The van der Waals surface area contributed by atoms with Crippen LogP contribution in [0.3, 0.4) is 0 Å². The van der Waals surface area contributed by atoms with Crippen molar-refractivity contribution in [3.63, 3.8) is 0 Å². The minimum absolute atomic E-state index is 0.0337. The number of nitrogens with zero attached hydrogens (tertiary/aromatic N) is 3. The molecule has 6 nitrogen and oxygen atoms in total. The summed E-state index contributed by atoms with van der Waals surface area (Å²) in [4.78, 5) is 18.8. The van der Waals surface area contributed by atoms with Crippen LogP contribution in [0.5, 0.6) is 0 Å². The first-order valence-corrected chi connectivity index (χ1v) is 9.17. The standard InChI is InChI=1S/C17H21IN4O2/c1-11-9-14(18)3-4-15(11)20-16(23)10-22-7-5-13(6-8-22)17-19-12(2)21-24-17/h3-4,9,13H,5-8,10H2,1-2H3,(H,20,23). The molecule has 1 aliphatic rings. The maximum absolute atomic E-state index is 12.3. The highest BCUT2D eigenvalue weighted by molar-refractivity contribution is 14.1. The van der Waals surface area contributed by atoms with Crippen LogP contribution in [0.2, 0.25) is 0 Å². The summed E-state index contributed by atoms with van der Waals surface area (Å²) in [5, 5.41) is 6.86. The molecule has 2 heterocycles. The first-order valence-electron chi connectivity index (χ1n) is 8.10. The number of carbonyl (C=O) groups excluding carboxylic acids is 1. The SMILES string of the molecule is Cc1noc(C2CCN(CC(=O)Nc3ccc(I)cc3C)CC2)n1. The predicted octanol–water partition coefficient (Wildman–Crippen LogP) is 3.11. The fourth-order valence-corrected chi connectivity index (χ4v) is 3.62. The van der Waals surface area contributed by atoms with E-state index in [9.17, 15) is 4.79 Å².